The van der Waals surface area contributed by atoms with Gasteiger partial charge in [-0.05, 0) is 26.1 Å². The van der Waals surface area contributed by atoms with Gasteiger partial charge in [-0.1, -0.05) is 30.3 Å². The lowest BCUT2D eigenvalue weighted by Gasteiger charge is -2.26. The fourth-order valence-electron chi connectivity index (χ4n) is 3.20. The lowest BCUT2D eigenvalue weighted by molar-refractivity contribution is -0.143. The molecule has 1 aromatic rings. The summed E-state index contributed by atoms with van der Waals surface area (Å²) < 4.78 is 37.5. The van der Waals surface area contributed by atoms with Crippen LogP contribution < -0.4 is 10.6 Å². The largest absolute Gasteiger partial charge is 0.401 e. The van der Waals surface area contributed by atoms with Crippen molar-refractivity contribution >= 4 is 5.96 Å². The van der Waals surface area contributed by atoms with Crippen LogP contribution >= 0.6 is 0 Å². The van der Waals surface area contributed by atoms with Gasteiger partial charge in [-0.3, -0.25) is 9.89 Å². The number of nitrogens with one attached hydrogen (secondary N) is 2. The summed E-state index contributed by atoms with van der Waals surface area (Å²) in [6.07, 6.45) is -3.48. The number of likely N-dealkylation sites (N-methyl/N-ethyl adjacent to an activating group) is 1. The molecule has 1 fully saturated rings. The number of likely N-dealkylation sites (tertiary alicyclic amines) is 1. The topological polar surface area (TPSA) is 42.9 Å². The van der Waals surface area contributed by atoms with Gasteiger partial charge in [0.15, 0.2) is 5.96 Å². The van der Waals surface area contributed by atoms with Gasteiger partial charge in [0.25, 0.3) is 0 Å². The predicted molar refractivity (Wildman–Crippen MR) is 98.3 cm³/mol. The third-order valence-corrected chi connectivity index (χ3v) is 4.51. The second kappa shape index (κ2) is 9.23. The highest BCUT2D eigenvalue weighted by Gasteiger charge is 2.34. The number of nitrogens with zero attached hydrogens (tertiary/aromatic N) is 3. The number of halogens is 3. The molecular formula is C18H28F3N5. The van der Waals surface area contributed by atoms with Crippen LogP contribution in [0.15, 0.2) is 35.3 Å². The van der Waals surface area contributed by atoms with E-state index in [0.29, 0.717) is 32.0 Å². The summed E-state index contributed by atoms with van der Waals surface area (Å²) in [5.41, 5.74) is 1.19. The Bertz CT molecular complexity index is 574. The lowest BCUT2D eigenvalue weighted by atomic mass is 10.1. The zero-order chi connectivity index (χ0) is 19.2. The van der Waals surface area contributed by atoms with Crippen molar-refractivity contribution in [1.82, 2.24) is 20.4 Å². The first-order chi connectivity index (χ1) is 12.3. The Labute approximate surface area is 153 Å². The number of benzene rings is 1. The number of alkyl halides is 3. The molecule has 1 heterocycles. The Morgan fingerprint density at radius 1 is 1.31 bits per heavy atom. The van der Waals surface area contributed by atoms with Crippen molar-refractivity contribution in [3.05, 3.63) is 35.9 Å². The fourth-order valence-corrected chi connectivity index (χ4v) is 3.20. The molecule has 2 atom stereocenters. The van der Waals surface area contributed by atoms with Gasteiger partial charge in [0, 0.05) is 32.7 Å². The number of guanidine groups is 1. The number of aliphatic imine (C=N–C) groups is 1. The van der Waals surface area contributed by atoms with Crippen LogP contribution in [0.3, 0.4) is 0 Å². The average Bonchev–Trinajstić information content (AvgIpc) is 2.99. The van der Waals surface area contributed by atoms with E-state index in [0.717, 1.165) is 0 Å². The first-order valence-electron chi connectivity index (χ1n) is 8.76. The van der Waals surface area contributed by atoms with E-state index in [1.807, 2.05) is 32.3 Å². The molecule has 0 spiro atoms. The quantitative estimate of drug-likeness (QED) is 0.594. The van der Waals surface area contributed by atoms with Crippen LogP contribution in [0.25, 0.3) is 0 Å². The van der Waals surface area contributed by atoms with E-state index >= 15 is 0 Å². The molecule has 1 aromatic carbocycles. The SMILES string of the molecule is CN=C(NCC(c1ccccc1)N(C)C)NC1CCN(CC(F)(F)F)C1. The van der Waals surface area contributed by atoms with Gasteiger partial charge in [0.1, 0.15) is 0 Å². The highest BCUT2D eigenvalue weighted by Crippen LogP contribution is 2.20. The van der Waals surface area contributed by atoms with Gasteiger partial charge >= 0.3 is 6.18 Å². The molecule has 26 heavy (non-hydrogen) atoms. The minimum atomic E-state index is -4.15. The van der Waals surface area contributed by atoms with Crippen LogP contribution in [-0.4, -0.2) is 75.3 Å². The zero-order valence-corrected chi connectivity index (χ0v) is 15.6. The molecule has 2 N–H and O–H groups in total. The second-order valence-corrected chi connectivity index (χ2v) is 6.82. The van der Waals surface area contributed by atoms with Crippen molar-refractivity contribution in [2.75, 3.05) is 47.3 Å². The fraction of sp³-hybridized carbons (Fsp3) is 0.611. The summed E-state index contributed by atoms with van der Waals surface area (Å²) in [7, 11) is 5.70. The van der Waals surface area contributed by atoms with Crippen molar-refractivity contribution in [2.45, 2.75) is 24.7 Å². The highest BCUT2D eigenvalue weighted by atomic mass is 19.4. The molecule has 146 valence electrons. The second-order valence-electron chi connectivity index (χ2n) is 6.82. The van der Waals surface area contributed by atoms with Gasteiger partial charge < -0.3 is 15.5 Å². The van der Waals surface area contributed by atoms with Crippen molar-refractivity contribution in [2.24, 2.45) is 4.99 Å². The zero-order valence-electron chi connectivity index (χ0n) is 15.6. The maximum atomic E-state index is 12.5. The van der Waals surface area contributed by atoms with Crippen LogP contribution in [0.2, 0.25) is 0 Å². The van der Waals surface area contributed by atoms with E-state index in [-0.39, 0.29) is 12.1 Å². The van der Waals surface area contributed by atoms with Crippen molar-refractivity contribution in [3.8, 4) is 0 Å². The van der Waals surface area contributed by atoms with Gasteiger partial charge in [-0.2, -0.15) is 13.2 Å². The summed E-state index contributed by atoms with van der Waals surface area (Å²) in [5, 5.41) is 6.53. The molecule has 0 saturated carbocycles. The molecule has 0 aromatic heterocycles. The standard InChI is InChI=1S/C18H28F3N5/c1-22-17(24-15-9-10-26(12-15)13-18(19,20)21)23-11-16(25(2)3)14-7-5-4-6-8-14/h4-8,15-16H,9-13H2,1-3H3,(H2,22,23,24). The molecule has 0 radical (unpaired) electrons. The third-order valence-electron chi connectivity index (χ3n) is 4.51. The number of hydrogen-bond acceptors (Lipinski definition) is 3. The lowest BCUT2D eigenvalue weighted by Crippen LogP contribution is -2.47. The third kappa shape index (κ3) is 6.49. The molecule has 2 unspecified atom stereocenters. The van der Waals surface area contributed by atoms with Crippen LogP contribution in [0.4, 0.5) is 13.2 Å². The Morgan fingerprint density at radius 2 is 2.00 bits per heavy atom. The highest BCUT2D eigenvalue weighted by molar-refractivity contribution is 5.80. The van der Waals surface area contributed by atoms with Gasteiger partial charge in [0.2, 0.25) is 0 Å². The van der Waals surface area contributed by atoms with E-state index in [1.165, 1.54) is 10.5 Å². The van der Waals surface area contributed by atoms with Crippen molar-refractivity contribution < 1.29 is 13.2 Å². The summed E-state index contributed by atoms with van der Waals surface area (Å²) in [6.45, 7) is 0.609. The first-order valence-corrected chi connectivity index (χ1v) is 8.76. The maximum Gasteiger partial charge on any atom is 0.401 e. The predicted octanol–water partition coefficient (Wildman–Crippen LogP) is 2.09. The average molecular weight is 371 g/mol. The molecule has 1 saturated heterocycles. The summed E-state index contributed by atoms with van der Waals surface area (Å²) in [5.74, 6) is 0.617. The maximum absolute atomic E-state index is 12.5. The Morgan fingerprint density at radius 3 is 2.58 bits per heavy atom. The first kappa shape index (κ1) is 20.5. The van der Waals surface area contributed by atoms with E-state index < -0.39 is 12.7 Å². The smallest absolute Gasteiger partial charge is 0.354 e. The molecule has 1 aliphatic rings. The van der Waals surface area contributed by atoms with Crippen LogP contribution in [0, 0.1) is 0 Å². The summed E-state index contributed by atoms with van der Waals surface area (Å²) >= 11 is 0. The minimum Gasteiger partial charge on any atom is -0.354 e. The molecule has 8 heteroatoms. The van der Waals surface area contributed by atoms with Crippen LogP contribution in [0.5, 0.6) is 0 Å². The Hall–Kier alpha value is -1.80. The van der Waals surface area contributed by atoms with Crippen LogP contribution in [-0.2, 0) is 0 Å². The molecule has 0 amide bonds. The minimum absolute atomic E-state index is 0.0296. The summed E-state index contributed by atoms with van der Waals surface area (Å²) in [6, 6.07) is 10.3. The van der Waals surface area contributed by atoms with Gasteiger partial charge in [-0.15, -0.1) is 0 Å². The normalized spacial score (nSPS) is 20.4. The number of hydrogen-bond donors (Lipinski definition) is 2. The van der Waals surface area contributed by atoms with Crippen molar-refractivity contribution in [1.29, 1.82) is 0 Å². The molecule has 2 rings (SSSR count). The Balaban J connectivity index is 1.86. The van der Waals surface area contributed by atoms with Crippen LogP contribution in [0.1, 0.15) is 18.0 Å². The monoisotopic (exact) mass is 371 g/mol. The molecule has 0 bridgehead atoms. The van der Waals surface area contributed by atoms with E-state index in [1.54, 1.807) is 7.05 Å². The molecule has 0 aliphatic carbocycles. The number of rotatable bonds is 6. The molecular weight excluding hydrogens is 343 g/mol. The van der Waals surface area contributed by atoms with Crippen molar-refractivity contribution in [3.63, 3.8) is 0 Å². The molecule has 5 nitrogen and oxygen atoms in total. The van der Waals surface area contributed by atoms with E-state index in [9.17, 15) is 13.2 Å². The van der Waals surface area contributed by atoms with Gasteiger partial charge in [-0.25, -0.2) is 0 Å². The van der Waals surface area contributed by atoms with E-state index in [2.05, 4.69) is 32.7 Å². The molecule has 1 aliphatic heterocycles. The Kier molecular flexibility index (Phi) is 7.28. The summed E-state index contributed by atoms with van der Waals surface area (Å²) in [4.78, 5) is 7.76. The van der Waals surface area contributed by atoms with Gasteiger partial charge in [0.05, 0.1) is 12.6 Å². The van der Waals surface area contributed by atoms with E-state index in [4.69, 9.17) is 0 Å².